The molecular formula is C12H17N2O+. The van der Waals surface area contributed by atoms with Crippen molar-refractivity contribution in [2.45, 2.75) is 19.0 Å². The van der Waals surface area contributed by atoms with Crippen LogP contribution in [0.3, 0.4) is 0 Å². The molecule has 0 aromatic heterocycles. The average molecular weight is 205 g/mol. The van der Waals surface area contributed by atoms with Gasteiger partial charge in [-0.2, -0.15) is 0 Å². The number of hydrogen-bond donors (Lipinski definition) is 1. The van der Waals surface area contributed by atoms with Crippen LogP contribution in [0.5, 0.6) is 0 Å². The Morgan fingerprint density at radius 2 is 2.13 bits per heavy atom. The SMILES string of the molecule is C[N+]1(Cc2ccccc2)CC[C@H]1C(N)=O. The Bertz CT molecular complexity index is 363. The predicted octanol–water partition coefficient (Wildman–Crippen LogP) is 0.891. The van der Waals surface area contributed by atoms with Gasteiger partial charge in [0, 0.05) is 5.56 Å². The quantitative estimate of drug-likeness (QED) is 0.732. The monoisotopic (exact) mass is 205 g/mol. The number of hydrogen-bond acceptors (Lipinski definition) is 1. The molecule has 1 aromatic carbocycles. The summed E-state index contributed by atoms with van der Waals surface area (Å²) in [4.78, 5) is 11.2. The minimum absolute atomic E-state index is 0.00482. The molecule has 1 heterocycles. The van der Waals surface area contributed by atoms with Crippen LogP contribution in [-0.2, 0) is 11.3 Å². The molecular weight excluding hydrogens is 188 g/mol. The lowest BCUT2D eigenvalue weighted by molar-refractivity contribution is -0.974. The normalized spacial score (nSPS) is 29.5. The number of carbonyl (C=O) groups excluding carboxylic acids is 1. The van der Waals surface area contributed by atoms with Crippen LogP contribution in [0.25, 0.3) is 0 Å². The highest BCUT2D eigenvalue weighted by Gasteiger charge is 2.46. The van der Waals surface area contributed by atoms with E-state index in [1.54, 1.807) is 0 Å². The van der Waals surface area contributed by atoms with Crippen LogP contribution in [0.1, 0.15) is 12.0 Å². The fourth-order valence-corrected chi connectivity index (χ4v) is 2.34. The highest BCUT2D eigenvalue weighted by molar-refractivity contribution is 5.79. The largest absolute Gasteiger partial charge is 0.365 e. The Kier molecular flexibility index (Phi) is 2.49. The summed E-state index contributed by atoms with van der Waals surface area (Å²) in [6, 6.07) is 10.3. The third-order valence-corrected chi connectivity index (χ3v) is 3.38. The number of quaternary nitrogens is 1. The Labute approximate surface area is 90.1 Å². The molecule has 1 saturated heterocycles. The molecule has 0 saturated carbocycles. The van der Waals surface area contributed by atoms with E-state index in [4.69, 9.17) is 5.73 Å². The molecule has 2 rings (SSSR count). The van der Waals surface area contributed by atoms with E-state index in [0.717, 1.165) is 24.0 Å². The van der Waals surface area contributed by atoms with E-state index < -0.39 is 0 Å². The molecule has 2 N–H and O–H groups in total. The second kappa shape index (κ2) is 3.66. The highest BCUT2D eigenvalue weighted by Crippen LogP contribution is 2.28. The third-order valence-electron chi connectivity index (χ3n) is 3.38. The number of likely N-dealkylation sites (N-methyl/N-ethyl adjacent to an activating group) is 1. The second-order valence-electron chi connectivity index (χ2n) is 4.55. The number of carbonyl (C=O) groups is 1. The molecule has 0 bridgehead atoms. The average Bonchev–Trinajstić information content (AvgIpc) is 2.17. The Morgan fingerprint density at radius 1 is 1.47 bits per heavy atom. The van der Waals surface area contributed by atoms with Gasteiger partial charge in [0.2, 0.25) is 0 Å². The van der Waals surface area contributed by atoms with Crippen LogP contribution in [0.15, 0.2) is 30.3 Å². The Morgan fingerprint density at radius 3 is 2.60 bits per heavy atom. The molecule has 15 heavy (non-hydrogen) atoms. The number of primary amides is 1. The lowest BCUT2D eigenvalue weighted by atomic mass is 9.96. The van der Waals surface area contributed by atoms with E-state index in [1.165, 1.54) is 5.56 Å². The summed E-state index contributed by atoms with van der Waals surface area (Å²) in [7, 11) is 2.10. The lowest BCUT2D eigenvalue weighted by Gasteiger charge is -2.48. The first-order valence-corrected chi connectivity index (χ1v) is 5.29. The van der Waals surface area contributed by atoms with Crippen molar-refractivity contribution < 1.29 is 9.28 Å². The Hall–Kier alpha value is -1.35. The smallest absolute Gasteiger partial charge is 0.276 e. The maximum atomic E-state index is 11.2. The van der Waals surface area contributed by atoms with Gasteiger partial charge in [-0.3, -0.25) is 4.79 Å². The van der Waals surface area contributed by atoms with Crippen molar-refractivity contribution >= 4 is 5.91 Å². The molecule has 0 spiro atoms. The first kappa shape index (κ1) is 10.2. The molecule has 0 radical (unpaired) electrons. The van der Waals surface area contributed by atoms with Gasteiger partial charge >= 0.3 is 0 Å². The van der Waals surface area contributed by atoms with Crippen LogP contribution in [-0.4, -0.2) is 30.0 Å². The number of likely N-dealkylation sites (tertiary alicyclic amines) is 1. The molecule has 1 aromatic rings. The van der Waals surface area contributed by atoms with Gasteiger partial charge in [-0.1, -0.05) is 30.3 Å². The van der Waals surface area contributed by atoms with Gasteiger partial charge in [-0.15, -0.1) is 0 Å². The molecule has 2 atom stereocenters. The van der Waals surface area contributed by atoms with Crippen molar-refractivity contribution in [3.05, 3.63) is 35.9 Å². The topological polar surface area (TPSA) is 43.1 Å². The fraction of sp³-hybridized carbons (Fsp3) is 0.417. The summed E-state index contributed by atoms with van der Waals surface area (Å²) in [6.07, 6.45) is 0.929. The van der Waals surface area contributed by atoms with Crippen molar-refractivity contribution in [3.63, 3.8) is 0 Å². The molecule has 80 valence electrons. The maximum absolute atomic E-state index is 11.2. The van der Waals surface area contributed by atoms with Crippen LogP contribution < -0.4 is 5.73 Å². The zero-order valence-corrected chi connectivity index (χ0v) is 9.02. The fourth-order valence-electron chi connectivity index (χ4n) is 2.34. The van der Waals surface area contributed by atoms with Crippen LogP contribution in [0, 0.1) is 0 Å². The summed E-state index contributed by atoms with van der Waals surface area (Å²) in [6.45, 7) is 1.94. The van der Waals surface area contributed by atoms with Gasteiger partial charge in [0.05, 0.1) is 20.0 Å². The summed E-state index contributed by atoms with van der Waals surface area (Å²) in [5, 5.41) is 0. The Balaban J connectivity index is 2.09. The minimum Gasteiger partial charge on any atom is -0.365 e. The number of nitrogens with two attached hydrogens (primary N) is 1. The molecule has 1 fully saturated rings. The minimum atomic E-state index is -0.167. The van der Waals surface area contributed by atoms with E-state index in [-0.39, 0.29) is 11.9 Å². The number of benzene rings is 1. The lowest BCUT2D eigenvalue weighted by Crippen LogP contribution is -2.66. The van der Waals surface area contributed by atoms with Crippen LogP contribution in [0.4, 0.5) is 0 Å². The maximum Gasteiger partial charge on any atom is 0.276 e. The molecule has 3 heteroatoms. The predicted molar refractivity (Wildman–Crippen MR) is 58.8 cm³/mol. The van der Waals surface area contributed by atoms with E-state index >= 15 is 0 Å². The third kappa shape index (κ3) is 1.88. The summed E-state index contributed by atoms with van der Waals surface area (Å²) >= 11 is 0. The zero-order chi connectivity index (χ0) is 10.9. The zero-order valence-electron chi connectivity index (χ0n) is 9.02. The first-order chi connectivity index (χ1) is 7.12. The number of amides is 1. The van der Waals surface area contributed by atoms with Gasteiger partial charge in [0.25, 0.3) is 5.91 Å². The second-order valence-corrected chi connectivity index (χ2v) is 4.55. The molecule has 1 aliphatic heterocycles. The van der Waals surface area contributed by atoms with Gasteiger partial charge in [0.15, 0.2) is 6.04 Å². The standard InChI is InChI=1S/C12H16N2O/c1-14(8-7-11(14)12(13)15)9-10-5-3-2-4-6-10/h2-6,11H,7-9H2,1H3,(H-,13,15)/p+1/t11-,14?/m0/s1. The number of rotatable bonds is 3. The van der Waals surface area contributed by atoms with Crippen molar-refractivity contribution in [1.82, 2.24) is 0 Å². The van der Waals surface area contributed by atoms with Crippen molar-refractivity contribution in [2.75, 3.05) is 13.6 Å². The van der Waals surface area contributed by atoms with Crippen molar-refractivity contribution in [1.29, 1.82) is 0 Å². The summed E-state index contributed by atoms with van der Waals surface area (Å²) in [5.41, 5.74) is 6.64. The van der Waals surface area contributed by atoms with E-state index in [9.17, 15) is 4.79 Å². The molecule has 3 nitrogen and oxygen atoms in total. The van der Waals surface area contributed by atoms with E-state index in [0.29, 0.717) is 0 Å². The van der Waals surface area contributed by atoms with Crippen LogP contribution >= 0.6 is 0 Å². The van der Waals surface area contributed by atoms with E-state index in [2.05, 4.69) is 19.2 Å². The van der Waals surface area contributed by atoms with Gasteiger partial charge < -0.3 is 10.2 Å². The number of nitrogens with zero attached hydrogens (tertiary/aromatic N) is 1. The molecule has 1 aliphatic rings. The van der Waals surface area contributed by atoms with Gasteiger partial charge in [-0.05, 0) is 0 Å². The molecule has 0 aliphatic carbocycles. The molecule has 1 unspecified atom stereocenters. The summed E-state index contributed by atoms with van der Waals surface area (Å²) < 4.78 is 0.763. The van der Waals surface area contributed by atoms with Gasteiger partial charge in [-0.25, -0.2) is 0 Å². The first-order valence-electron chi connectivity index (χ1n) is 5.29. The van der Waals surface area contributed by atoms with Crippen molar-refractivity contribution in [3.8, 4) is 0 Å². The highest BCUT2D eigenvalue weighted by atomic mass is 16.1. The van der Waals surface area contributed by atoms with Crippen LogP contribution in [0.2, 0.25) is 0 Å². The van der Waals surface area contributed by atoms with Gasteiger partial charge in [0.1, 0.15) is 6.54 Å². The van der Waals surface area contributed by atoms with E-state index in [1.807, 2.05) is 18.2 Å². The molecule has 1 amide bonds. The van der Waals surface area contributed by atoms with Crippen molar-refractivity contribution in [2.24, 2.45) is 5.73 Å². The summed E-state index contributed by atoms with van der Waals surface area (Å²) in [5.74, 6) is -0.167.